The third-order valence-electron chi connectivity index (χ3n) is 4.23. The van der Waals surface area contributed by atoms with Crippen LogP contribution in [0.15, 0.2) is 58.6 Å². The molecule has 0 fully saturated rings. The van der Waals surface area contributed by atoms with E-state index in [-0.39, 0.29) is 21.9 Å². The number of hydrogen-bond acceptors (Lipinski definition) is 5. The van der Waals surface area contributed by atoms with Crippen LogP contribution >= 0.6 is 0 Å². The van der Waals surface area contributed by atoms with Crippen molar-refractivity contribution in [1.82, 2.24) is 0 Å². The number of carbonyl (C=O) groups excluding carboxylic acids is 2. The van der Waals surface area contributed by atoms with Crippen LogP contribution in [0.2, 0.25) is 0 Å². The molecule has 2 N–H and O–H groups in total. The Kier molecular flexibility index (Phi) is 3.00. The second-order valence-electron chi connectivity index (χ2n) is 5.65. The molecule has 2 aromatic rings. The Hall–Kier alpha value is -2.77. The standard InChI is InChI=1S/C17H11NO5S/c19-16-11-4-2-1-3-9(11)7-13(16)15-17(20)12-8-10(24(21,22)23)5-6-14(12)18-15/h1-6,8,18H,7H2,(H,21,22,23)/b15-13-. The molecule has 0 aromatic heterocycles. The van der Waals surface area contributed by atoms with Gasteiger partial charge in [-0.2, -0.15) is 8.42 Å². The lowest BCUT2D eigenvalue weighted by molar-refractivity contribution is 0.101. The predicted molar refractivity (Wildman–Crippen MR) is 85.7 cm³/mol. The predicted octanol–water partition coefficient (Wildman–Crippen LogP) is 2.23. The van der Waals surface area contributed by atoms with Crippen molar-refractivity contribution in [2.75, 3.05) is 5.32 Å². The first-order chi connectivity index (χ1) is 11.4. The summed E-state index contributed by atoms with van der Waals surface area (Å²) in [7, 11) is -4.40. The van der Waals surface area contributed by atoms with E-state index in [2.05, 4.69) is 5.32 Å². The Morgan fingerprint density at radius 3 is 2.42 bits per heavy atom. The quantitative estimate of drug-likeness (QED) is 0.609. The van der Waals surface area contributed by atoms with Crippen LogP contribution < -0.4 is 5.32 Å². The summed E-state index contributed by atoms with van der Waals surface area (Å²) in [6, 6.07) is 10.9. The summed E-state index contributed by atoms with van der Waals surface area (Å²) in [5, 5.41) is 2.90. The molecule has 0 amide bonds. The fourth-order valence-corrected chi connectivity index (χ4v) is 3.56. The molecule has 0 saturated heterocycles. The fraction of sp³-hybridized carbons (Fsp3) is 0.0588. The van der Waals surface area contributed by atoms with Gasteiger partial charge in [0.25, 0.3) is 10.1 Å². The van der Waals surface area contributed by atoms with Gasteiger partial charge in [-0.1, -0.05) is 24.3 Å². The number of hydrogen-bond donors (Lipinski definition) is 2. The summed E-state index contributed by atoms with van der Waals surface area (Å²) < 4.78 is 31.6. The summed E-state index contributed by atoms with van der Waals surface area (Å²) in [6.07, 6.45) is 0.349. The second-order valence-corrected chi connectivity index (χ2v) is 7.07. The number of carbonyl (C=O) groups is 2. The molecule has 0 radical (unpaired) electrons. The molecular weight excluding hydrogens is 330 g/mol. The van der Waals surface area contributed by atoms with E-state index in [4.69, 9.17) is 4.55 Å². The average Bonchev–Trinajstić information content (AvgIpc) is 3.05. The van der Waals surface area contributed by atoms with Crippen LogP contribution in [0.4, 0.5) is 5.69 Å². The molecule has 2 aliphatic rings. The summed E-state index contributed by atoms with van der Waals surface area (Å²) >= 11 is 0. The number of fused-ring (bicyclic) bond motifs is 2. The first kappa shape index (κ1) is 14.8. The molecule has 1 aliphatic heterocycles. The van der Waals surface area contributed by atoms with Crippen LogP contribution in [0.25, 0.3) is 0 Å². The molecule has 0 atom stereocenters. The summed E-state index contributed by atoms with van der Waals surface area (Å²) in [6.45, 7) is 0. The number of nitrogens with one attached hydrogen (secondary N) is 1. The lowest BCUT2D eigenvalue weighted by atomic mass is 10.1. The van der Waals surface area contributed by atoms with E-state index in [9.17, 15) is 18.0 Å². The molecule has 1 heterocycles. The number of anilines is 1. The minimum Gasteiger partial charge on any atom is -0.351 e. The van der Waals surface area contributed by atoms with Crippen molar-refractivity contribution in [3.8, 4) is 0 Å². The second kappa shape index (κ2) is 4.86. The van der Waals surface area contributed by atoms with Gasteiger partial charge in [0.2, 0.25) is 5.78 Å². The largest absolute Gasteiger partial charge is 0.351 e. The van der Waals surface area contributed by atoms with E-state index in [0.717, 1.165) is 11.6 Å². The molecule has 1 aliphatic carbocycles. The molecular formula is C17H11NO5S. The van der Waals surface area contributed by atoms with Crippen LogP contribution in [0.1, 0.15) is 26.3 Å². The van der Waals surface area contributed by atoms with E-state index in [1.807, 2.05) is 12.1 Å². The maximum absolute atomic E-state index is 12.6. The molecule has 4 rings (SSSR count). The zero-order valence-electron chi connectivity index (χ0n) is 12.2. The third-order valence-corrected chi connectivity index (χ3v) is 5.07. The maximum Gasteiger partial charge on any atom is 0.294 e. The first-order valence-corrected chi connectivity index (χ1v) is 8.59. The number of ketones is 2. The van der Waals surface area contributed by atoms with Crippen LogP contribution in [-0.4, -0.2) is 24.5 Å². The van der Waals surface area contributed by atoms with Crippen molar-refractivity contribution < 1.29 is 22.6 Å². The van der Waals surface area contributed by atoms with E-state index in [1.165, 1.54) is 12.1 Å². The number of Topliss-reactive ketones (excluding diaryl/α,β-unsaturated/α-hetero) is 2. The highest BCUT2D eigenvalue weighted by molar-refractivity contribution is 7.85. The third kappa shape index (κ3) is 2.10. The molecule has 0 bridgehead atoms. The van der Waals surface area contributed by atoms with Crippen molar-refractivity contribution in [3.05, 3.63) is 70.4 Å². The van der Waals surface area contributed by atoms with Crippen LogP contribution in [-0.2, 0) is 16.5 Å². The topological polar surface area (TPSA) is 101 Å². The minimum atomic E-state index is -4.40. The van der Waals surface area contributed by atoms with Gasteiger partial charge in [0.15, 0.2) is 5.78 Å². The Bertz CT molecular complexity index is 1070. The van der Waals surface area contributed by atoms with Gasteiger partial charge in [-0.15, -0.1) is 0 Å². The molecule has 0 spiro atoms. The van der Waals surface area contributed by atoms with Crippen molar-refractivity contribution in [3.63, 3.8) is 0 Å². The van der Waals surface area contributed by atoms with Gasteiger partial charge in [-0.25, -0.2) is 0 Å². The Morgan fingerprint density at radius 1 is 0.958 bits per heavy atom. The van der Waals surface area contributed by atoms with Crippen molar-refractivity contribution in [2.45, 2.75) is 11.3 Å². The summed E-state index contributed by atoms with van der Waals surface area (Å²) in [5.74, 6) is -0.657. The Morgan fingerprint density at radius 2 is 1.71 bits per heavy atom. The zero-order valence-corrected chi connectivity index (χ0v) is 13.1. The van der Waals surface area contributed by atoms with E-state index < -0.39 is 15.9 Å². The van der Waals surface area contributed by atoms with Gasteiger partial charge in [-0.3, -0.25) is 14.1 Å². The van der Waals surface area contributed by atoms with Crippen LogP contribution in [0, 0.1) is 0 Å². The molecule has 0 saturated carbocycles. The SMILES string of the molecule is O=C1/C(=C2\Nc3ccc(S(=O)(=O)O)cc3C2=O)Cc2ccccc21. The molecule has 0 unspecified atom stereocenters. The lowest BCUT2D eigenvalue weighted by Crippen LogP contribution is -2.09. The smallest absolute Gasteiger partial charge is 0.294 e. The monoisotopic (exact) mass is 341 g/mol. The normalized spacial score (nSPS) is 19.2. The minimum absolute atomic E-state index is 0.122. The highest BCUT2D eigenvalue weighted by Gasteiger charge is 2.34. The van der Waals surface area contributed by atoms with Crippen molar-refractivity contribution in [1.29, 1.82) is 0 Å². The number of benzene rings is 2. The molecule has 2 aromatic carbocycles. The molecule has 120 valence electrons. The van der Waals surface area contributed by atoms with Gasteiger partial charge in [0.1, 0.15) is 0 Å². The van der Waals surface area contributed by atoms with Crippen molar-refractivity contribution >= 4 is 27.4 Å². The summed E-state index contributed by atoms with van der Waals surface area (Å²) in [5.41, 5.74) is 2.50. The number of rotatable bonds is 1. The van der Waals surface area contributed by atoms with E-state index in [1.54, 1.807) is 12.1 Å². The maximum atomic E-state index is 12.6. The van der Waals surface area contributed by atoms with Crippen LogP contribution in [0.3, 0.4) is 0 Å². The van der Waals surface area contributed by atoms with Crippen LogP contribution in [0.5, 0.6) is 0 Å². The summed E-state index contributed by atoms with van der Waals surface area (Å²) in [4.78, 5) is 24.8. The first-order valence-electron chi connectivity index (χ1n) is 7.15. The van der Waals surface area contributed by atoms with E-state index in [0.29, 0.717) is 23.2 Å². The lowest BCUT2D eigenvalue weighted by Gasteiger charge is -2.02. The number of allylic oxidation sites excluding steroid dienone is 2. The Labute approximate surface area is 137 Å². The van der Waals surface area contributed by atoms with Gasteiger partial charge in [0.05, 0.1) is 10.6 Å². The average molecular weight is 341 g/mol. The molecule has 24 heavy (non-hydrogen) atoms. The molecule has 6 nitrogen and oxygen atoms in total. The van der Waals surface area contributed by atoms with Crippen molar-refractivity contribution in [2.24, 2.45) is 0 Å². The zero-order chi connectivity index (χ0) is 17.1. The molecule has 7 heteroatoms. The highest BCUT2D eigenvalue weighted by atomic mass is 32.2. The van der Waals surface area contributed by atoms with Gasteiger partial charge >= 0.3 is 0 Å². The van der Waals surface area contributed by atoms with E-state index >= 15 is 0 Å². The van der Waals surface area contributed by atoms with Gasteiger partial charge in [-0.05, 0) is 23.8 Å². The highest BCUT2D eigenvalue weighted by Crippen LogP contribution is 2.35. The van der Waals surface area contributed by atoms with Gasteiger partial charge < -0.3 is 5.32 Å². The Balaban J connectivity index is 1.81. The van der Waals surface area contributed by atoms with Gasteiger partial charge in [0, 0.05) is 28.8 Å². The fourth-order valence-electron chi connectivity index (χ4n) is 3.05.